The minimum absolute atomic E-state index is 0.0112. The molecule has 0 saturated carbocycles. The number of nitrogens with zero attached hydrogens (tertiary/aromatic N) is 6. The van der Waals surface area contributed by atoms with Crippen molar-refractivity contribution in [3.63, 3.8) is 0 Å². The van der Waals surface area contributed by atoms with E-state index >= 15 is 0 Å². The van der Waals surface area contributed by atoms with Gasteiger partial charge in [0.2, 0.25) is 11.8 Å². The van der Waals surface area contributed by atoms with Gasteiger partial charge in [-0.15, -0.1) is 5.10 Å². The van der Waals surface area contributed by atoms with E-state index in [1.807, 2.05) is 42.2 Å². The predicted octanol–water partition coefficient (Wildman–Crippen LogP) is 1.89. The Kier molecular flexibility index (Phi) is 6.19. The summed E-state index contributed by atoms with van der Waals surface area (Å²) in [5.41, 5.74) is 5.60. The highest BCUT2D eigenvalue weighted by molar-refractivity contribution is 5.93. The SMILES string of the molecule is C[C@H]1CN(C)Cc2c(c(OC3CNC3)nn2CCO)/C=C/c2[nH]nc3ccc(cc23)-c2cnn(C)c2O1. The van der Waals surface area contributed by atoms with E-state index in [4.69, 9.17) is 14.6 Å². The molecule has 0 spiro atoms. The molecule has 0 radical (unpaired) electrons. The molecule has 2 bridgehead atoms. The number of aryl methyl sites for hydroxylation is 1. The van der Waals surface area contributed by atoms with Crippen molar-refractivity contribution in [1.29, 1.82) is 0 Å². The largest absolute Gasteiger partial charge is 0.473 e. The molecule has 6 rings (SSSR count). The number of ether oxygens (including phenoxy) is 2. The number of aromatic amines is 1. The Morgan fingerprint density at radius 3 is 2.86 bits per heavy atom. The van der Waals surface area contributed by atoms with Crippen LogP contribution < -0.4 is 14.8 Å². The zero-order chi connectivity index (χ0) is 25.5. The molecule has 11 nitrogen and oxygen atoms in total. The second-order valence-corrected chi connectivity index (χ2v) is 9.83. The van der Waals surface area contributed by atoms with Crippen molar-refractivity contribution >= 4 is 23.1 Å². The third-order valence-electron chi connectivity index (χ3n) is 6.90. The number of hydrogen-bond acceptors (Lipinski definition) is 8. The van der Waals surface area contributed by atoms with E-state index in [1.54, 1.807) is 4.68 Å². The second kappa shape index (κ2) is 9.66. The molecule has 11 heteroatoms. The zero-order valence-electron chi connectivity index (χ0n) is 21.3. The Morgan fingerprint density at radius 2 is 2.08 bits per heavy atom. The Hall–Kier alpha value is -3.67. The van der Waals surface area contributed by atoms with Crippen LogP contribution in [0.5, 0.6) is 11.8 Å². The molecule has 1 fully saturated rings. The third kappa shape index (κ3) is 4.50. The molecular formula is C26H32N8O3. The maximum atomic E-state index is 9.75. The number of likely N-dealkylation sites (N-methyl/N-ethyl adjacent to an activating group) is 1. The molecule has 2 aliphatic rings. The first-order valence-corrected chi connectivity index (χ1v) is 12.6. The molecule has 5 heterocycles. The topological polar surface area (TPSA) is 118 Å². The predicted molar refractivity (Wildman–Crippen MR) is 140 cm³/mol. The first-order valence-electron chi connectivity index (χ1n) is 12.6. The van der Waals surface area contributed by atoms with Crippen LogP contribution in [0.4, 0.5) is 0 Å². The van der Waals surface area contributed by atoms with E-state index in [9.17, 15) is 5.11 Å². The van der Waals surface area contributed by atoms with Crippen molar-refractivity contribution in [2.45, 2.75) is 32.2 Å². The van der Waals surface area contributed by atoms with Gasteiger partial charge in [0.1, 0.15) is 12.2 Å². The summed E-state index contributed by atoms with van der Waals surface area (Å²) in [6.45, 7) is 5.32. The van der Waals surface area contributed by atoms with E-state index in [-0.39, 0.29) is 18.8 Å². The number of aromatic nitrogens is 6. The van der Waals surface area contributed by atoms with Gasteiger partial charge in [-0.05, 0) is 43.8 Å². The van der Waals surface area contributed by atoms with Crippen molar-refractivity contribution < 1.29 is 14.6 Å². The van der Waals surface area contributed by atoms with Gasteiger partial charge in [-0.2, -0.15) is 10.2 Å². The van der Waals surface area contributed by atoms with Crippen molar-refractivity contribution in [2.24, 2.45) is 7.05 Å². The van der Waals surface area contributed by atoms with Gasteiger partial charge < -0.3 is 19.9 Å². The fourth-order valence-corrected chi connectivity index (χ4v) is 4.93. The fourth-order valence-electron chi connectivity index (χ4n) is 4.93. The third-order valence-corrected chi connectivity index (χ3v) is 6.90. The number of nitrogens with one attached hydrogen (secondary N) is 2. The van der Waals surface area contributed by atoms with Crippen LogP contribution in [-0.2, 0) is 20.1 Å². The van der Waals surface area contributed by atoms with Crippen LogP contribution >= 0.6 is 0 Å². The minimum atomic E-state index is -0.0949. The van der Waals surface area contributed by atoms with E-state index in [0.29, 0.717) is 25.5 Å². The van der Waals surface area contributed by atoms with Crippen LogP contribution in [0.2, 0.25) is 0 Å². The summed E-state index contributed by atoms with van der Waals surface area (Å²) in [6.07, 6.45) is 5.90. The quantitative estimate of drug-likeness (QED) is 0.386. The van der Waals surface area contributed by atoms with Crippen molar-refractivity contribution in [3.05, 3.63) is 41.3 Å². The Morgan fingerprint density at radius 1 is 1.22 bits per heavy atom. The van der Waals surface area contributed by atoms with Crippen LogP contribution in [0.15, 0.2) is 24.4 Å². The monoisotopic (exact) mass is 504 g/mol. The van der Waals surface area contributed by atoms with Crippen molar-refractivity contribution in [3.8, 4) is 22.9 Å². The lowest BCUT2D eigenvalue weighted by Crippen LogP contribution is -2.50. The number of rotatable bonds is 4. The summed E-state index contributed by atoms with van der Waals surface area (Å²) in [5.74, 6) is 1.31. The van der Waals surface area contributed by atoms with Gasteiger partial charge in [0.05, 0.1) is 47.4 Å². The highest BCUT2D eigenvalue weighted by Gasteiger charge is 2.26. The number of aliphatic hydroxyl groups is 1. The Labute approximate surface area is 214 Å². The first-order chi connectivity index (χ1) is 18.0. The molecule has 1 saturated heterocycles. The van der Waals surface area contributed by atoms with E-state index in [2.05, 4.69) is 45.6 Å². The molecule has 4 aromatic rings. The van der Waals surface area contributed by atoms with Crippen LogP contribution in [0.1, 0.15) is 23.9 Å². The number of aliphatic hydroxyl groups excluding tert-OH is 1. The molecule has 0 aliphatic carbocycles. The summed E-state index contributed by atoms with van der Waals surface area (Å²) in [6, 6.07) is 6.17. The van der Waals surface area contributed by atoms with E-state index in [0.717, 1.165) is 58.0 Å². The van der Waals surface area contributed by atoms with Gasteiger partial charge in [-0.1, -0.05) is 6.07 Å². The molecule has 2 aliphatic heterocycles. The van der Waals surface area contributed by atoms with Crippen LogP contribution in [0, 0.1) is 0 Å². The highest BCUT2D eigenvalue weighted by atomic mass is 16.5. The number of fused-ring (bicyclic) bond motifs is 4. The maximum Gasteiger partial charge on any atom is 0.240 e. The van der Waals surface area contributed by atoms with Gasteiger partial charge >= 0.3 is 0 Å². The maximum absolute atomic E-state index is 9.75. The van der Waals surface area contributed by atoms with Crippen molar-refractivity contribution in [1.82, 2.24) is 40.0 Å². The lowest BCUT2D eigenvalue weighted by molar-refractivity contribution is 0.134. The van der Waals surface area contributed by atoms with E-state index in [1.165, 1.54) is 0 Å². The lowest BCUT2D eigenvalue weighted by Gasteiger charge is -2.27. The smallest absolute Gasteiger partial charge is 0.240 e. The first kappa shape index (κ1) is 23.7. The zero-order valence-corrected chi connectivity index (χ0v) is 21.3. The Bertz CT molecular complexity index is 1450. The summed E-state index contributed by atoms with van der Waals surface area (Å²) in [4.78, 5) is 2.20. The number of benzene rings is 1. The van der Waals surface area contributed by atoms with Gasteiger partial charge in [-0.3, -0.25) is 14.7 Å². The summed E-state index contributed by atoms with van der Waals surface area (Å²) >= 11 is 0. The minimum Gasteiger partial charge on any atom is -0.473 e. The summed E-state index contributed by atoms with van der Waals surface area (Å²) in [5, 5.41) is 30.9. The van der Waals surface area contributed by atoms with Gasteiger partial charge in [0.25, 0.3) is 0 Å². The molecule has 194 valence electrons. The molecule has 1 aromatic carbocycles. The van der Waals surface area contributed by atoms with Crippen molar-refractivity contribution in [2.75, 3.05) is 33.3 Å². The standard InChI is InChI=1S/C26H32N8O3/c1-16-14-32(2)15-24-19(25(31-34(24)8-9-35)37-18-11-27-12-18)5-7-23-20-10-17(4-6-22(20)29-30-23)21-13-28-33(3)26(21)36-16/h4-7,10,13,16,18,27,35H,8-9,11-12,14-15H2,1-3H3,(H,29,30)/b7-5+/t16-/m0/s1. The molecule has 0 amide bonds. The number of hydrogen-bond donors (Lipinski definition) is 3. The molecule has 3 N–H and O–H groups in total. The van der Waals surface area contributed by atoms with Gasteiger partial charge in [0, 0.05) is 38.6 Å². The molecule has 1 atom stereocenters. The van der Waals surface area contributed by atoms with E-state index < -0.39 is 0 Å². The summed E-state index contributed by atoms with van der Waals surface area (Å²) < 4.78 is 16.3. The normalized spacial score (nSPS) is 19.5. The molecular weight excluding hydrogens is 472 g/mol. The lowest BCUT2D eigenvalue weighted by atomic mass is 10.1. The second-order valence-electron chi connectivity index (χ2n) is 9.83. The molecule has 3 aromatic heterocycles. The van der Waals surface area contributed by atoms with Crippen LogP contribution in [0.25, 0.3) is 34.2 Å². The van der Waals surface area contributed by atoms with Gasteiger partial charge in [0.15, 0.2) is 0 Å². The van der Waals surface area contributed by atoms with Crippen LogP contribution in [0.3, 0.4) is 0 Å². The molecule has 37 heavy (non-hydrogen) atoms. The average molecular weight is 505 g/mol. The highest BCUT2D eigenvalue weighted by Crippen LogP contribution is 2.34. The molecule has 0 unspecified atom stereocenters. The fraction of sp³-hybridized carbons (Fsp3) is 0.423. The van der Waals surface area contributed by atoms with Crippen LogP contribution in [-0.4, -0.2) is 85.3 Å². The summed E-state index contributed by atoms with van der Waals surface area (Å²) in [7, 11) is 3.95. The average Bonchev–Trinajstić information content (AvgIpc) is 3.50. The number of H-pyrrole nitrogens is 1. The Balaban J connectivity index is 1.50. The van der Waals surface area contributed by atoms with Gasteiger partial charge in [-0.25, -0.2) is 4.68 Å².